The van der Waals surface area contributed by atoms with E-state index in [1.165, 1.54) is 4.31 Å². The Labute approximate surface area is 120 Å². The fourth-order valence-corrected chi connectivity index (χ4v) is 3.88. The minimum absolute atomic E-state index is 0.00797. The average Bonchev–Trinajstić information content (AvgIpc) is 2.95. The van der Waals surface area contributed by atoms with Crippen LogP contribution in [0.5, 0.6) is 0 Å². The first-order valence-corrected chi connectivity index (χ1v) is 8.34. The van der Waals surface area contributed by atoms with Crippen LogP contribution in [0.4, 0.5) is 0 Å². The van der Waals surface area contributed by atoms with E-state index < -0.39 is 10.0 Å². The lowest BCUT2D eigenvalue weighted by Crippen LogP contribution is -2.30. The highest BCUT2D eigenvalue weighted by Gasteiger charge is 2.32. The second-order valence-corrected chi connectivity index (χ2v) is 6.98. The van der Waals surface area contributed by atoms with Crippen molar-refractivity contribution in [3.8, 4) is 0 Å². The molecule has 1 aromatic rings. The van der Waals surface area contributed by atoms with Crippen LogP contribution in [-0.2, 0) is 21.2 Å². The van der Waals surface area contributed by atoms with Gasteiger partial charge in [-0.2, -0.15) is 4.31 Å². The van der Waals surface area contributed by atoms with Gasteiger partial charge in [0.25, 0.3) is 0 Å². The normalized spacial score (nSPS) is 20.4. The van der Waals surface area contributed by atoms with E-state index in [0.717, 1.165) is 24.8 Å². The summed E-state index contributed by atoms with van der Waals surface area (Å²) in [7, 11) is -1.77. The summed E-state index contributed by atoms with van der Waals surface area (Å²) < 4.78 is 31.7. The maximum absolute atomic E-state index is 12.5. The van der Waals surface area contributed by atoms with Gasteiger partial charge in [0, 0.05) is 20.2 Å². The number of benzene rings is 1. The standard InChI is InChI=1S/C14H22N2O3S/c1-19-13-8-10-16(11-13)20(17,18)14-6-4-12(5-7-14)3-2-9-15/h4-7,13H,2-3,8-11,15H2,1H3. The molecule has 1 aromatic carbocycles. The minimum atomic E-state index is -3.39. The van der Waals surface area contributed by atoms with Crippen LogP contribution in [0.2, 0.25) is 0 Å². The SMILES string of the molecule is COC1CCN(S(=O)(=O)c2ccc(CCCN)cc2)C1. The van der Waals surface area contributed by atoms with E-state index in [2.05, 4.69) is 0 Å². The molecule has 0 amide bonds. The summed E-state index contributed by atoms with van der Waals surface area (Å²) in [5, 5.41) is 0. The lowest BCUT2D eigenvalue weighted by atomic mass is 10.1. The first-order valence-electron chi connectivity index (χ1n) is 6.90. The quantitative estimate of drug-likeness (QED) is 0.850. The van der Waals surface area contributed by atoms with Crippen molar-refractivity contribution in [1.82, 2.24) is 4.31 Å². The highest BCUT2D eigenvalue weighted by molar-refractivity contribution is 7.89. The van der Waals surface area contributed by atoms with Crippen molar-refractivity contribution in [3.05, 3.63) is 29.8 Å². The zero-order valence-corrected chi connectivity index (χ0v) is 12.6. The molecule has 1 unspecified atom stereocenters. The van der Waals surface area contributed by atoms with Crippen LogP contribution in [0.1, 0.15) is 18.4 Å². The Kier molecular flexibility index (Phi) is 5.15. The third kappa shape index (κ3) is 3.38. The van der Waals surface area contributed by atoms with Crippen LogP contribution in [0.15, 0.2) is 29.2 Å². The number of nitrogens with two attached hydrogens (primary N) is 1. The number of aryl methyl sites for hydroxylation is 1. The van der Waals surface area contributed by atoms with Gasteiger partial charge in [-0.05, 0) is 43.5 Å². The molecule has 1 saturated heterocycles. The van der Waals surface area contributed by atoms with Gasteiger partial charge in [-0.15, -0.1) is 0 Å². The monoisotopic (exact) mass is 298 g/mol. The molecular weight excluding hydrogens is 276 g/mol. The summed E-state index contributed by atoms with van der Waals surface area (Å²) in [6.07, 6.45) is 2.55. The molecule has 0 bridgehead atoms. The van der Waals surface area contributed by atoms with E-state index in [0.29, 0.717) is 24.5 Å². The molecule has 5 nitrogen and oxygen atoms in total. The second kappa shape index (κ2) is 6.67. The fourth-order valence-electron chi connectivity index (χ4n) is 2.39. The summed E-state index contributed by atoms with van der Waals surface area (Å²) in [5.74, 6) is 0. The van der Waals surface area contributed by atoms with Gasteiger partial charge >= 0.3 is 0 Å². The van der Waals surface area contributed by atoms with E-state index in [1.54, 1.807) is 19.2 Å². The number of rotatable bonds is 6. The summed E-state index contributed by atoms with van der Waals surface area (Å²) in [6, 6.07) is 7.10. The first kappa shape index (κ1) is 15.4. The summed E-state index contributed by atoms with van der Waals surface area (Å²) in [4.78, 5) is 0.353. The van der Waals surface area contributed by atoms with E-state index in [-0.39, 0.29) is 6.10 Å². The van der Waals surface area contributed by atoms with Gasteiger partial charge in [0.2, 0.25) is 10.0 Å². The number of ether oxygens (including phenoxy) is 1. The number of hydrogen-bond acceptors (Lipinski definition) is 4. The predicted octanol–water partition coefficient (Wildman–Crippen LogP) is 0.987. The Balaban J connectivity index is 2.10. The van der Waals surface area contributed by atoms with Gasteiger partial charge in [-0.1, -0.05) is 12.1 Å². The molecule has 0 aromatic heterocycles. The highest BCUT2D eigenvalue weighted by Crippen LogP contribution is 2.22. The van der Waals surface area contributed by atoms with Crippen LogP contribution >= 0.6 is 0 Å². The van der Waals surface area contributed by atoms with Crippen LogP contribution in [0.25, 0.3) is 0 Å². The topological polar surface area (TPSA) is 72.6 Å². The third-order valence-electron chi connectivity index (χ3n) is 3.67. The molecule has 1 atom stereocenters. The third-order valence-corrected chi connectivity index (χ3v) is 5.55. The van der Waals surface area contributed by atoms with Gasteiger partial charge in [0.15, 0.2) is 0 Å². The number of methoxy groups -OCH3 is 1. The first-order chi connectivity index (χ1) is 9.57. The van der Waals surface area contributed by atoms with Gasteiger partial charge in [-0.3, -0.25) is 0 Å². The van der Waals surface area contributed by atoms with E-state index in [9.17, 15) is 8.42 Å². The molecule has 20 heavy (non-hydrogen) atoms. The number of hydrogen-bond donors (Lipinski definition) is 1. The molecule has 1 heterocycles. The Bertz CT molecular complexity index is 528. The molecule has 2 N–H and O–H groups in total. The van der Waals surface area contributed by atoms with Gasteiger partial charge in [-0.25, -0.2) is 8.42 Å². The van der Waals surface area contributed by atoms with Crippen LogP contribution in [-0.4, -0.2) is 45.6 Å². The van der Waals surface area contributed by atoms with Crippen molar-refractivity contribution < 1.29 is 13.2 Å². The van der Waals surface area contributed by atoms with Crippen molar-refractivity contribution in [2.75, 3.05) is 26.7 Å². The zero-order valence-electron chi connectivity index (χ0n) is 11.8. The Morgan fingerprint density at radius 2 is 2.05 bits per heavy atom. The Hall–Kier alpha value is -0.950. The molecule has 6 heteroatoms. The predicted molar refractivity (Wildman–Crippen MR) is 78.0 cm³/mol. The lowest BCUT2D eigenvalue weighted by Gasteiger charge is -2.16. The van der Waals surface area contributed by atoms with E-state index >= 15 is 0 Å². The molecule has 1 aliphatic heterocycles. The summed E-state index contributed by atoms with van der Waals surface area (Å²) in [5.41, 5.74) is 6.59. The molecule has 0 spiro atoms. The number of sulfonamides is 1. The lowest BCUT2D eigenvalue weighted by molar-refractivity contribution is 0.115. The van der Waals surface area contributed by atoms with E-state index in [4.69, 9.17) is 10.5 Å². The Morgan fingerprint density at radius 1 is 1.35 bits per heavy atom. The van der Waals surface area contributed by atoms with Crippen molar-refractivity contribution in [2.45, 2.75) is 30.3 Å². The summed E-state index contributed by atoms with van der Waals surface area (Å²) in [6.45, 7) is 1.61. The van der Waals surface area contributed by atoms with Crippen molar-refractivity contribution in [2.24, 2.45) is 5.73 Å². The maximum atomic E-state index is 12.5. The van der Waals surface area contributed by atoms with Crippen molar-refractivity contribution in [3.63, 3.8) is 0 Å². The van der Waals surface area contributed by atoms with Crippen LogP contribution in [0.3, 0.4) is 0 Å². The minimum Gasteiger partial charge on any atom is -0.380 e. The van der Waals surface area contributed by atoms with E-state index in [1.807, 2.05) is 12.1 Å². The molecular formula is C14H22N2O3S. The number of nitrogens with zero attached hydrogens (tertiary/aromatic N) is 1. The molecule has 0 radical (unpaired) electrons. The highest BCUT2D eigenvalue weighted by atomic mass is 32.2. The zero-order chi connectivity index (χ0) is 14.6. The molecule has 2 rings (SSSR count). The molecule has 1 fully saturated rings. The Morgan fingerprint density at radius 3 is 2.60 bits per heavy atom. The van der Waals surface area contributed by atoms with Crippen molar-refractivity contribution >= 4 is 10.0 Å². The second-order valence-electron chi connectivity index (χ2n) is 5.05. The van der Waals surface area contributed by atoms with Crippen molar-refractivity contribution in [1.29, 1.82) is 0 Å². The molecule has 112 valence electrons. The largest absolute Gasteiger partial charge is 0.380 e. The summed E-state index contributed by atoms with van der Waals surface area (Å²) >= 11 is 0. The van der Waals surface area contributed by atoms with Crippen LogP contribution in [0, 0.1) is 0 Å². The van der Waals surface area contributed by atoms with Gasteiger partial charge in [0.1, 0.15) is 0 Å². The fraction of sp³-hybridized carbons (Fsp3) is 0.571. The molecule has 0 aliphatic carbocycles. The van der Waals surface area contributed by atoms with Crippen LogP contribution < -0.4 is 5.73 Å². The average molecular weight is 298 g/mol. The molecule has 0 saturated carbocycles. The van der Waals surface area contributed by atoms with Gasteiger partial charge in [0.05, 0.1) is 11.0 Å². The molecule has 1 aliphatic rings. The maximum Gasteiger partial charge on any atom is 0.243 e. The smallest absolute Gasteiger partial charge is 0.243 e. The van der Waals surface area contributed by atoms with Gasteiger partial charge < -0.3 is 10.5 Å².